The molecule has 4 nitrogen and oxygen atoms in total. The fourth-order valence-corrected chi connectivity index (χ4v) is 0.333. The maximum atomic E-state index is 10.3. The standard InChI is InChI=1S/C6H5ClO4/c7-4(3-8)1-2-5(9)6(10)11/h1-3,8H,(H,10,11)/b2-1+,4-3+. The first-order valence-corrected chi connectivity index (χ1v) is 2.91. The molecule has 0 rings (SSSR count). The Labute approximate surface area is 67.4 Å². The van der Waals surface area contributed by atoms with Gasteiger partial charge in [-0.2, -0.15) is 0 Å². The third-order valence-corrected chi connectivity index (χ3v) is 0.952. The topological polar surface area (TPSA) is 74.6 Å². The minimum Gasteiger partial charge on any atom is -0.514 e. The van der Waals surface area contributed by atoms with Crippen LogP contribution in [0.1, 0.15) is 0 Å². The van der Waals surface area contributed by atoms with Crippen molar-refractivity contribution in [2.24, 2.45) is 0 Å². The summed E-state index contributed by atoms with van der Waals surface area (Å²) in [6.07, 6.45) is 2.28. The van der Waals surface area contributed by atoms with Gasteiger partial charge in [-0.05, 0) is 12.2 Å². The van der Waals surface area contributed by atoms with Crippen molar-refractivity contribution in [2.75, 3.05) is 0 Å². The van der Waals surface area contributed by atoms with E-state index in [0.29, 0.717) is 6.26 Å². The van der Waals surface area contributed by atoms with Crippen molar-refractivity contribution in [3.8, 4) is 0 Å². The largest absolute Gasteiger partial charge is 0.514 e. The number of aliphatic hydroxyl groups is 1. The van der Waals surface area contributed by atoms with Gasteiger partial charge in [-0.25, -0.2) is 4.79 Å². The molecule has 0 aliphatic heterocycles. The first-order chi connectivity index (χ1) is 5.07. The van der Waals surface area contributed by atoms with Crippen LogP contribution in [0.3, 0.4) is 0 Å². The number of aliphatic hydroxyl groups excluding tert-OH is 1. The SMILES string of the molecule is O=C(O)C(=O)/C=C/C(Cl)=C\O. The summed E-state index contributed by atoms with van der Waals surface area (Å²) in [6, 6.07) is 0. The Morgan fingerprint density at radius 1 is 1.27 bits per heavy atom. The van der Waals surface area contributed by atoms with Crippen molar-refractivity contribution in [1.82, 2.24) is 0 Å². The Hall–Kier alpha value is -1.29. The molecule has 2 N–H and O–H groups in total. The van der Waals surface area contributed by atoms with Crippen molar-refractivity contribution in [2.45, 2.75) is 0 Å². The van der Waals surface area contributed by atoms with E-state index in [2.05, 4.69) is 0 Å². The van der Waals surface area contributed by atoms with Gasteiger partial charge in [0.1, 0.15) is 0 Å². The lowest BCUT2D eigenvalue weighted by molar-refractivity contribution is -0.146. The molecule has 0 aliphatic carbocycles. The molecule has 0 aromatic carbocycles. The van der Waals surface area contributed by atoms with Gasteiger partial charge in [-0.1, -0.05) is 11.6 Å². The molecule has 0 bridgehead atoms. The normalized spacial score (nSPS) is 11.9. The number of rotatable bonds is 3. The lowest BCUT2D eigenvalue weighted by Gasteiger charge is -1.83. The van der Waals surface area contributed by atoms with Gasteiger partial charge in [0.15, 0.2) is 0 Å². The molecular weight excluding hydrogens is 172 g/mol. The van der Waals surface area contributed by atoms with Gasteiger partial charge < -0.3 is 10.2 Å². The Kier molecular flexibility index (Phi) is 3.98. The molecule has 60 valence electrons. The van der Waals surface area contributed by atoms with Crippen molar-refractivity contribution in [3.63, 3.8) is 0 Å². The molecule has 0 aromatic rings. The second-order valence-electron chi connectivity index (χ2n) is 1.52. The number of hydrogen-bond acceptors (Lipinski definition) is 3. The molecule has 0 amide bonds. The highest BCUT2D eigenvalue weighted by Gasteiger charge is 2.05. The maximum Gasteiger partial charge on any atom is 0.376 e. The van der Waals surface area contributed by atoms with Crippen LogP contribution in [0.4, 0.5) is 0 Å². The molecule has 0 heterocycles. The third-order valence-electron chi connectivity index (χ3n) is 0.728. The molecule has 5 heteroatoms. The Morgan fingerprint density at radius 2 is 1.82 bits per heavy atom. The van der Waals surface area contributed by atoms with Crippen LogP contribution in [0, 0.1) is 0 Å². The highest BCUT2D eigenvalue weighted by atomic mass is 35.5. The molecule has 0 aromatic heterocycles. The first-order valence-electron chi connectivity index (χ1n) is 2.53. The number of allylic oxidation sites excluding steroid dienone is 2. The predicted molar refractivity (Wildman–Crippen MR) is 38.3 cm³/mol. The zero-order valence-corrected chi connectivity index (χ0v) is 6.08. The zero-order chi connectivity index (χ0) is 8.85. The first kappa shape index (κ1) is 9.71. The van der Waals surface area contributed by atoms with Crippen LogP contribution in [0.2, 0.25) is 0 Å². The Morgan fingerprint density at radius 3 is 2.18 bits per heavy atom. The van der Waals surface area contributed by atoms with Crippen molar-refractivity contribution in [3.05, 3.63) is 23.4 Å². The van der Waals surface area contributed by atoms with Gasteiger partial charge in [-0.15, -0.1) is 0 Å². The highest BCUT2D eigenvalue weighted by molar-refractivity contribution is 6.38. The van der Waals surface area contributed by atoms with Crippen LogP contribution in [-0.4, -0.2) is 22.0 Å². The molecule has 0 spiro atoms. The van der Waals surface area contributed by atoms with E-state index in [-0.39, 0.29) is 5.03 Å². The molecule has 0 unspecified atom stereocenters. The molecule has 0 saturated heterocycles. The number of carboxylic acids is 1. The minimum atomic E-state index is -1.57. The second kappa shape index (κ2) is 4.51. The lowest BCUT2D eigenvalue weighted by atomic mass is 10.3. The number of aliphatic carboxylic acids is 1. The Bertz CT molecular complexity index is 229. The van der Waals surface area contributed by atoms with Crippen LogP contribution in [0.25, 0.3) is 0 Å². The molecule has 0 atom stereocenters. The van der Waals surface area contributed by atoms with Crippen LogP contribution in [0.15, 0.2) is 23.4 Å². The number of carboxylic acid groups (broad SMARTS) is 1. The van der Waals surface area contributed by atoms with Gasteiger partial charge in [0.25, 0.3) is 5.78 Å². The number of hydrogen-bond donors (Lipinski definition) is 2. The smallest absolute Gasteiger partial charge is 0.376 e. The van der Waals surface area contributed by atoms with E-state index in [0.717, 1.165) is 12.2 Å². The third kappa shape index (κ3) is 4.16. The molecular formula is C6H5ClO4. The summed E-state index contributed by atoms with van der Waals surface area (Å²) in [5.41, 5.74) is 0. The molecule has 11 heavy (non-hydrogen) atoms. The average Bonchev–Trinajstić information content (AvgIpc) is 1.99. The summed E-state index contributed by atoms with van der Waals surface area (Å²) in [5, 5.41) is 16.1. The van der Waals surface area contributed by atoms with Gasteiger partial charge in [0.05, 0.1) is 11.3 Å². The van der Waals surface area contributed by atoms with Gasteiger partial charge in [0.2, 0.25) is 0 Å². The van der Waals surface area contributed by atoms with E-state index >= 15 is 0 Å². The van der Waals surface area contributed by atoms with Crippen LogP contribution >= 0.6 is 11.6 Å². The fraction of sp³-hybridized carbons (Fsp3) is 0. The summed E-state index contributed by atoms with van der Waals surface area (Å²) < 4.78 is 0. The summed E-state index contributed by atoms with van der Waals surface area (Å²) in [5.74, 6) is -2.66. The predicted octanol–water partition coefficient (Wildman–Crippen LogP) is 0.835. The van der Waals surface area contributed by atoms with E-state index in [4.69, 9.17) is 21.8 Å². The van der Waals surface area contributed by atoms with Crippen LogP contribution in [0.5, 0.6) is 0 Å². The fourth-order valence-electron chi connectivity index (χ4n) is 0.270. The molecule has 0 aliphatic rings. The van der Waals surface area contributed by atoms with Gasteiger partial charge in [-0.3, -0.25) is 4.79 Å². The summed E-state index contributed by atoms with van der Waals surface area (Å²) in [7, 11) is 0. The lowest BCUT2D eigenvalue weighted by Crippen LogP contribution is -2.08. The van der Waals surface area contributed by atoms with Crippen molar-refractivity contribution in [1.29, 1.82) is 0 Å². The van der Waals surface area contributed by atoms with E-state index in [1.807, 2.05) is 0 Å². The van der Waals surface area contributed by atoms with Crippen molar-refractivity contribution >= 4 is 23.4 Å². The van der Waals surface area contributed by atoms with E-state index < -0.39 is 11.8 Å². The van der Waals surface area contributed by atoms with E-state index in [9.17, 15) is 9.59 Å². The second-order valence-corrected chi connectivity index (χ2v) is 1.95. The summed E-state index contributed by atoms with van der Waals surface area (Å²) in [4.78, 5) is 20.2. The maximum absolute atomic E-state index is 10.3. The number of halogens is 1. The number of carbonyl (C=O) groups is 2. The Balaban J connectivity index is 4.15. The van der Waals surface area contributed by atoms with Gasteiger partial charge in [0, 0.05) is 0 Å². The number of carbonyl (C=O) groups excluding carboxylic acids is 1. The quantitative estimate of drug-likeness (QED) is 0.289. The molecule has 0 fully saturated rings. The monoisotopic (exact) mass is 176 g/mol. The van der Waals surface area contributed by atoms with E-state index in [1.54, 1.807) is 0 Å². The highest BCUT2D eigenvalue weighted by Crippen LogP contribution is 2.00. The summed E-state index contributed by atoms with van der Waals surface area (Å²) >= 11 is 5.19. The van der Waals surface area contributed by atoms with Crippen LogP contribution < -0.4 is 0 Å². The zero-order valence-electron chi connectivity index (χ0n) is 5.32. The number of ketones is 1. The molecule has 0 radical (unpaired) electrons. The van der Waals surface area contributed by atoms with E-state index in [1.165, 1.54) is 0 Å². The van der Waals surface area contributed by atoms with Crippen molar-refractivity contribution < 1.29 is 19.8 Å². The van der Waals surface area contributed by atoms with Crippen LogP contribution in [-0.2, 0) is 9.59 Å². The molecule has 0 saturated carbocycles. The van der Waals surface area contributed by atoms with Gasteiger partial charge >= 0.3 is 5.97 Å². The minimum absolute atomic E-state index is 0.111. The summed E-state index contributed by atoms with van der Waals surface area (Å²) in [6.45, 7) is 0. The average molecular weight is 177 g/mol.